The van der Waals surface area contributed by atoms with Crippen LogP contribution in [0.1, 0.15) is 18.5 Å². The highest BCUT2D eigenvalue weighted by Crippen LogP contribution is 2.28. The normalized spacial score (nSPS) is 12.6. The van der Waals surface area contributed by atoms with Crippen LogP contribution in [0.4, 0.5) is 11.6 Å². The lowest BCUT2D eigenvalue weighted by Gasteiger charge is -2.18. The molecule has 0 amide bonds. The van der Waals surface area contributed by atoms with Gasteiger partial charge in [-0.1, -0.05) is 48.5 Å². The third-order valence-corrected chi connectivity index (χ3v) is 6.95. The Balaban J connectivity index is 1.74. The number of nitrogens with zero attached hydrogens (tertiary/aromatic N) is 2. The summed E-state index contributed by atoms with van der Waals surface area (Å²) in [6.07, 6.45) is 0. The Kier molecular flexibility index (Phi) is 4.97. The lowest BCUT2D eigenvalue weighted by molar-refractivity contribution is 0.603. The van der Waals surface area contributed by atoms with Crippen LogP contribution >= 0.6 is 11.3 Å². The maximum Gasteiger partial charge on any atom is 0.272 e. The van der Waals surface area contributed by atoms with E-state index in [0.717, 1.165) is 16.9 Å². The number of sulfonamides is 1. The fraction of sp³-hybridized carbons (Fsp3) is 0.100. The van der Waals surface area contributed by atoms with Crippen molar-refractivity contribution in [2.24, 2.45) is 0 Å². The summed E-state index contributed by atoms with van der Waals surface area (Å²) in [5.74, 6) is 0.560. The zero-order chi connectivity index (χ0) is 19.6. The van der Waals surface area contributed by atoms with Crippen molar-refractivity contribution in [1.29, 1.82) is 0 Å². The summed E-state index contributed by atoms with van der Waals surface area (Å²) in [4.78, 5) is 9.12. The summed E-state index contributed by atoms with van der Waals surface area (Å²) < 4.78 is 28.2. The highest BCUT2D eigenvalue weighted by atomic mass is 32.2. The molecule has 0 saturated heterocycles. The molecule has 6 nitrogen and oxygen atoms in total. The Morgan fingerprint density at radius 3 is 2.14 bits per heavy atom. The van der Waals surface area contributed by atoms with Crippen molar-refractivity contribution in [2.75, 3.05) is 10.0 Å². The third kappa shape index (κ3) is 3.83. The number of aromatic nitrogens is 2. The van der Waals surface area contributed by atoms with Gasteiger partial charge in [-0.3, -0.25) is 4.72 Å². The van der Waals surface area contributed by atoms with Crippen LogP contribution in [0, 0.1) is 0 Å². The molecule has 0 aliphatic rings. The van der Waals surface area contributed by atoms with Gasteiger partial charge in [0, 0.05) is 0 Å². The van der Waals surface area contributed by atoms with E-state index in [0.29, 0.717) is 16.9 Å². The number of para-hydroxylation sites is 2. The third-order valence-electron chi connectivity index (χ3n) is 4.21. The fourth-order valence-electron chi connectivity index (χ4n) is 2.80. The van der Waals surface area contributed by atoms with Crippen molar-refractivity contribution >= 4 is 44.0 Å². The van der Waals surface area contributed by atoms with E-state index in [-0.39, 0.29) is 16.1 Å². The lowest BCUT2D eigenvalue weighted by atomic mass is 10.1. The molecule has 2 heterocycles. The molecule has 0 saturated carbocycles. The minimum atomic E-state index is -3.74. The van der Waals surface area contributed by atoms with Crippen molar-refractivity contribution in [3.63, 3.8) is 0 Å². The fourth-order valence-corrected chi connectivity index (χ4v) is 4.80. The van der Waals surface area contributed by atoms with Crippen LogP contribution in [0.5, 0.6) is 0 Å². The topological polar surface area (TPSA) is 84.0 Å². The highest BCUT2D eigenvalue weighted by molar-refractivity contribution is 7.94. The molecule has 142 valence electrons. The van der Waals surface area contributed by atoms with Gasteiger partial charge in [0.1, 0.15) is 4.21 Å². The number of hydrogen-bond acceptors (Lipinski definition) is 6. The molecule has 1 atom stereocenters. The number of fused-ring (bicyclic) bond motifs is 1. The van der Waals surface area contributed by atoms with Crippen LogP contribution in [0.2, 0.25) is 0 Å². The van der Waals surface area contributed by atoms with Gasteiger partial charge in [-0.2, -0.15) is 0 Å². The van der Waals surface area contributed by atoms with Crippen LogP contribution in [0.25, 0.3) is 11.0 Å². The summed E-state index contributed by atoms with van der Waals surface area (Å²) in [5, 5.41) is 5.01. The summed E-state index contributed by atoms with van der Waals surface area (Å²) >= 11 is 1.15. The van der Waals surface area contributed by atoms with E-state index in [4.69, 9.17) is 0 Å². The minimum absolute atomic E-state index is 0.0818. The summed E-state index contributed by atoms with van der Waals surface area (Å²) in [5.41, 5.74) is 2.36. The van der Waals surface area contributed by atoms with Crippen LogP contribution in [0.15, 0.2) is 76.3 Å². The first-order valence-corrected chi connectivity index (χ1v) is 11.0. The maximum atomic E-state index is 12.7. The molecule has 0 radical (unpaired) electrons. The number of rotatable bonds is 6. The van der Waals surface area contributed by atoms with E-state index >= 15 is 0 Å². The smallest absolute Gasteiger partial charge is 0.272 e. The van der Waals surface area contributed by atoms with Crippen molar-refractivity contribution in [1.82, 2.24) is 9.97 Å². The quantitative estimate of drug-likeness (QED) is 0.483. The molecule has 28 heavy (non-hydrogen) atoms. The van der Waals surface area contributed by atoms with Crippen molar-refractivity contribution in [3.8, 4) is 0 Å². The molecular weight excluding hydrogens is 392 g/mol. The molecule has 0 bridgehead atoms. The molecule has 0 aliphatic carbocycles. The van der Waals surface area contributed by atoms with Crippen molar-refractivity contribution < 1.29 is 8.42 Å². The van der Waals surface area contributed by atoms with Gasteiger partial charge in [0.2, 0.25) is 0 Å². The van der Waals surface area contributed by atoms with Gasteiger partial charge in [-0.05, 0) is 36.1 Å². The van der Waals surface area contributed by atoms with Gasteiger partial charge in [0.15, 0.2) is 11.6 Å². The van der Waals surface area contributed by atoms with E-state index in [2.05, 4.69) is 20.0 Å². The minimum Gasteiger partial charge on any atom is -0.360 e. The molecule has 2 aromatic heterocycles. The van der Waals surface area contributed by atoms with Gasteiger partial charge >= 0.3 is 0 Å². The molecule has 2 aromatic carbocycles. The molecule has 1 unspecified atom stereocenters. The molecule has 4 aromatic rings. The largest absolute Gasteiger partial charge is 0.360 e. The van der Waals surface area contributed by atoms with Crippen molar-refractivity contribution in [3.05, 3.63) is 77.7 Å². The van der Waals surface area contributed by atoms with Gasteiger partial charge < -0.3 is 5.32 Å². The maximum absolute atomic E-state index is 12.7. The Morgan fingerprint density at radius 2 is 1.50 bits per heavy atom. The second-order valence-electron chi connectivity index (χ2n) is 6.22. The standard InChI is InChI=1S/C20H18N4O2S2/c1-14(15-8-3-2-4-9-15)21-19-20(23-17-11-6-5-10-16(17)22-19)24-28(25,26)18-12-7-13-27-18/h2-14H,1H3,(H,21,22)(H,23,24). The van der Waals surface area contributed by atoms with E-state index in [1.54, 1.807) is 23.6 Å². The SMILES string of the molecule is CC(Nc1nc2ccccc2nc1NS(=O)(=O)c1cccs1)c1ccccc1. The predicted octanol–water partition coefficient (Wildman–Crippen LogP) is 4.67. The monoisotopic (exact) mass is 410 g/mol. The Morgan fingerprint density at radius 1 is 0.857 bits per heavy atom. The highest BCUT2D eigenvalue weighted by Gasteiger charge is 2.20. The van der Waals surface area contributed by atoms with Crippen molar-refractivity contribution in [2.45, 2.75) is 17.2 Å². The van der Waals surface area contributed by atoms with E-state index < -0.39 is 10.0 Å². The number of hydrogen-bond donors (Lipinski definition) is 2. The molecule has 0 fully saturated rings. The van der Waals surface area contributed by atoms with Gasteiger partial charge in [0.05, 0.1) is 17.1 Å². The zero-order valence-corrected chi connectivity index (χ0v) is 16.7. The predicted molar refractivity (Wildman–Crippen MR) is 113 cm³/mol. The van der Waals surface area contributed by atoms with Crippen LogP contribution in [0.3, 0.4) is 0 Å². The first-order valence-electron chi connectivity index (χ1n) is 8.67. The van der Waals surface area contributed by atoms with Crippen LogP contribution < -0.4 is 10.0 Å². The summed E-state index contributed by atoms with van der Waals surface area (Å²) in [6, 6.07) is 20.4. The second-order valence-corrected chi connectivity index (χ2v) is 9.08. The number of thiophene rings is 1. The first-order chi connectivity index (χ1) is 13.5. The summed E-state index contributed by atoms with van der Waals surface area (Å²) in [7, 11) is -3.74. The van der Waals surface area contributed by atoms with E-state index in [9.17, 15) is 8.42 Å². The molecule has 0 spiro atoms. The number of nitrogens with one attached hydrogen (secondary N) is 2. The van der Waals surface area contributed by atoms with Crippen LogP contribution in [-0.4, -0.2) is 18.4 Å². The van der Waals surface area contributed by atoms with E-state index in [1.807, 2.05) is 55.5 Å². The second kappa shape index (κ2) is 7.57. The average Bonchev–Trinajstić information content (AvgIpc) is 3.25. The molecule has 0 aliphatic heterocycles. The molecule has 8 heteroatoms. The zero-order valence-electron chi connectivity index (χ0n) is 15.0. The Bertz CT molecular complexity index is 1190. The molecular formula is C20H18N4O2S2. The number of anilines is 2. The van der Waals surface area contributed by atoms with Gasteiger partial charge in [-0.15, -0.1) is 11.3 Å². The lowest BCUT2D eigenvalue weighted by Crippen LogP contribution is -2.17. The van der Waals surface area contributed by atoms with Crippen LogP contribution in [-0.2, 0) is 10.0 Å². The van der Waals surface area contributed by atoms with Gasteiger partial charge in [-0.25, -0.2) is 18.4 Å². The van der Waals surface area contributed by atoms with E-state index in [1.165, 1.54) is 0 Å². The average molecular weight is 411 g/mol. The first kappa shape index (κ1) is 18.4. The summed E-state index contributed by atoms with van der Waals surface area (Å²) in [6.45, 7) is 1.99. The Labute approximate surface area is 167 Å². The van der Waals surface area contributed by atoms with Gasteiger partial charge in [0.25, 0.3) is 10.0 Å². The number of benzene rings is 2. The molecule has 4 rings (SSSR count). The Hall–Kier alpha value is -2.97. The molecule has 2 N–H and O–H groups in total.